The number of aliphatic hydroxyl groups excluding tert-OH is 1. The summed E-state index contributed by atoms with van der Waals surface area (Å²) in [4.78, 5) is 0. The molecule has 2 atom stereocenters. The van der Waals surface area contributed by atoms with E-state index in [9.17, 15) is 5.11 Å². The van der Waals surface area contributed by atoms with Crippen LogP contribution in [0, 0.1) is 0 Å². The first-order valence-corrected chi connectivity index (χ1v) is 5.23. The lowest BCUT2D eigenvalue weighted by Crippen LogP contribution is -2.31. The van der Waals surface area contributed by atoms with Crippen molar-refractivity contribution < 1.29 is 9.84 Å². The Bertz CT molecular complexity index is 460. The Balaban J connectivity index is 2.48. The Morgan fingerprint density at radius 2 is 2.20 bits per heavy atom. The summed E-state index contributed by atoms with van der Waals surface area (Å²) in [6, 6.07) is 6.05. The van der Waals surface area contributed by atoms with Crippen molar-refractivity contribution in [3.8, 4) is 0 Å². The largest absolute Gasteiger partial charge is 0.389 e. The summed E-state index contributed by atoms with van der Waals surface area (Å²) in [5, 5.41) is 11.9. The van der Waals surface area contributed by atoms with Gasteiger partial charge in [0.15, 0.2) is 0 Å². The van der Waals surface area contributed by atoms with Crippen LogP contribution in [-0.4, -0.2) is 18.3 Å². The van der Waals surface area contributed by atoms with Crippen LogP contribution in [-0.2, 0) is 4.74 Å². The number of rotatable bonds is 2. The Morgan fingerprint density at radius 1 is 1.40 bits per heavy atom. The van der Waals surface area contributed by atoms with Gasteiger partial charge in [0.1, 0.15) is 0 Å². The summed E-state index contributed by atoms with van der Waals surface area (Å²) in [6.07, 6.45) is 4.99. The third-order valence-corrected chi connectivity index (χ3v) is 2.83. The van der Waals surface area contributed by atoms with Crippen molar-refractivity contribution in [2.75, 3.05) is 7.11 Å². The molecule has 0 saturated heterocycles. The van der Waals surface area contributed by atoms with Gasteiger partial charge in [0.05, 0.1) is 12.2 Å². The smallest absolute Gasteiger partial charge is 0.0795 e. The molecule has 1 aromatic rings. The second kappa shape index (κ2) is 4.17. The zero-order valence-corrected chi connectivity index (χ0v) is 9.10. The molecule has 1 N–H and O–H groups in total. The molecule has 0 bridgehead atoms. The zero-order chi connectivity index (χ0) is 10.8. The third kappa shape index (κ3) is 2.11. The molecule has 1 aromatic carbocycles. The lowest BCUT2D eigenvalue weighted by molar-refractivity contribution is 0.157. The number of ether oxygens (including phenoxy) is 1. The standard InChI is InChI=1S/C13H16O2/c1-9(14)10-3-4-12-8-13(15-2)6-5-11(12)7-10/h3-5,7-9,13-14H,6H2,1-2H3. The lowest BCUT2D eigenvalue weighted by atomic mass is 10.0. The van der Waals surface area contributed by atoms with Gasteiger partial charge >= 0.3 is 0 Å². The molecule has 80 valence electrons. The summed E-state index contributed by atoms with van der Waals surface area (Å²) in [7, 11) is 1.73. The van der Waals surface area contributed by atoms with E-state index in [1.807, 2.05) is 18.2 Å². The van der Waals surface area contributed by atoms with Crippen molar-refractivity contribution >= 4 is 12.2 Å². The average Bonchev–Trinajstić information content (AvgIpc) is 2.27. The minimum Gasteiger partial charge on any atom is -0.389 e. The molecule has 2 rings (SSSR count). The summed E-state index contributed by atoms with van der Waals surface area (Å²) in [6.45, 7) is 1.78. The molecule has 15 heavy (non-hydrogen) atoms. The molecule has 0 aliphatic heterocycles. The van der Waals surface area contributed by atoms with Crippen LogP contribution >= 0.6 is 0 Å². The van der Waals surface area contributed by atoms with Crippen molar-refractivity contribution in [2.24, 2.45) is 0 Å². The first kappa shape index (κ1) is 10.4. The molecule has 1 aliphatic carbocycles. The summed E-state index contributed by atoms with van der Waals surface area (Å²) in [5.74, 6) is 0. The summed E-state index contributed by atoms with van der Waals surface area (Å²) in [5.41, 5.74) is 0.967. The predicted molar refractivity (Wildman–Crippen MR) is 60.7 cm³/mol. The van der Waals surface area contributed by atoms with E-state index in [1.165, 1.54) is 10.4 Å². The van der Waals surface area contributed by atoms with Crippen LogP contribution in [0.25, 0.3) is 12.2 Å². The van der Waals surface area contributed by atoms with Crippen LogP contribution in [0.3, 0.4) is 0 Å². The summed E-state index contributed by atoms with van der Waals surface area (Å²) >= 11 is 0. The maximum Gasteiger partial charge on any atom is 0.0795 e. The number of aliphatic hydroxyl groups is 1. The van der Waals surface area contributed by atoms with E-state index in [4.69, 9.17) is 4.74 Å². The second-order valence-corrected chi connectivity index (χ2v) is 3.94. The van der Waals surface area contributed by atoms with Gasteiger partial charge in [0.25, 0.3) is 0 Å². The fourth-order valence-corrected chi connectivity index (χ4v) is 1.86. The van der Waals surface area contributed by atoms with E-state index in [0.717, 1.165) is 12.0 Å². The topological polar surface area (TPSA) is 29.5 Å². The van der Waals surface area contributed by atoms with Gasteiger partial charge in [-0.25, -0.2) is 0 Å². The Kier molecular flexibility index (Phi) is 2.89. The fourth-order valence-electron chi connectivity index (χ4n) is 1.86. The number of fused-ring (bicyclic) bond motifs is 1. The Labute approximate surface area is 89.5 Å². The lowest BCUT2D eigenvalue weighted by Gasteiger charge is -2.12. The molecule has 1 aliphatic rings. The first-order valence-electron chi connectivity index (χ1n) is 5.23. The maximum absolute atomic E-state index is 9.47. The molecule has 0 amide bonds. The van der Waals surface area contributed by atoms with Crippen LogP contribution in [0.2, 0.25) is 0 Å². The monoisotopic (exact) mass is 204 g/mol. The van der Waals surface area contributed by atoms with E-state index in [2.05, 4.69) is 12.2 Å². The minimum atomic E-state index is -0.399. The van der Waals surface area contributed by atoms with Gasteiger partial charge in [-0.2, -0.15) is 0 Å². The Hall–Kier alpha value is -1.12. The number of methoxy groups -OCH3 is 1. The first-order chi connectivity index (χ1) is 7.20. The van der Waals surface area contributed by atoms with Crippen LogP contribution < -0.4 is 10.4 Å². The highest BCUT2D eigenvalue weighted by molar-refractivity contribution is 5.43. The minimum absolute atomic E-state index is 0.190. The second-order valence-electron chi connectivity index (χ2n) is 3.94. The van der Waals surface area contributed by atoms with Crippen LogP contribution in [0.5, 0.6) is 0 Å². The highest BCUT2D eigenvalue weighted by Gasteiger charge is 2.07. The highest BCUT2D eigenvalue weighted by Crippen LogP contribution is 2.08. The van der Waals surface area contributed by atoms with Crippen LogP contribution in [0.15, 0.2) is 18.2 Å². The van der Waals surface area contributed by atoms with Crippen molar-refractivity contribution in [1.29, 1.82) is 0 Å². The molecule has 0 fully saturated rings. The van der Waals surface area contributed by atoms with Crippen LogP contribution in [0.1, 0.15) is 25.0 Å². The predicted octanol–water partition coefficient (Wildman–Crippen LogP) is 0.720. The molecule has 0 radical (unpaired) electrons. The van der Waals surface area contributed by atoms with Gasteiger partial charge in [-0.05, 0) is 41.5 Å². The molecule has 2 unspecified atom stereocenters. The number of hydrogen-bond donors (Lipinski definition) is 1. The Morgan fingerprint density at radius 3 is 2.87 bits per heavy atom. The van der Waals surface area contributed by atoms with Crippen molar-refractivity contribution in [3.63, 3.8) is 0 Å². The number of benzene rings is 1. The van der Waals surface area contributed by atoms with E-state index in [0.29, 0.717) is 0 Å². The fraction of sp³-hybridized carbons (Fsp3) is 0.385. The van der Waals surface area contributed by atoms with Crippen molar-refractivity contribution in [3.05, 3.63) is 34.2 Å². The van der Waals surface area contributed by atoms with Crippen LogP contribution in [0.4, 0.5) is 0 Å². The zero-order valence-electron chi connectivity index (χ0n) is 9.10. The quantitative estimate of drug-likeness (QED) is 0.769. The molecule has 0 saturated carbocycles. The molecular weight excluding hydrogens is 188 g/mol. The van der Waals surface area contributed by atoms with Gasteiger partial charge in [0.2, 0.25) is 0 Å². The van der Waals surface area contributed by atoms with Crippen molar-refractivity contribution in [1.82, 2.24) is 0 Å². The third-order valence-electron chi connectivity index (χ3n) is 2.83. The van der Waals surface area contributed by atoms with Gasteiger partial charge in [-0.15, -0.1) is 0 Å². The normalized spacial score (nSPS) is 21.1. The highest BCUT2D eigenvalue weighted by atomic mass is 16.5. The van der Waals surface area contributed by atoms with E-state index in [-0.39, 0.29) is 6.10 Å². The average molecular weight is 204 g/mol. The molecular formula is C13H16O2. The van der Waals surface area contributed by atoms with E-state index < -0.39 is 6.10 Å². The van der Waals surface area contributed by atoms with E-state index in [1.54, 1.807) is 14.0 Å². The van der Waals surface area contributed by atoms with Gasteiger partial charge in [-0.1, -0.05) is 18.2 Å². The van der Waals surface area contributed by atoms with Gasteiger partial charge in [-0.3, -0.25) is 0 Å². The summed E-state index contributed by atoms with van der Waals surface area (Å²) < 4.78 is 5.29. The van der Waals surface area contributed by atoms with Crippen molar-refractivity contribution in [2.45, 2.75) is 25.6 Å². The molecule has 2 nitrogen and oxygen atoms in total. The van der Waals surface area contributed by atoms with Gasteiger partial charge in [0, 0.05) is 7.11 Å². The molecule has 0 heterocycles. The SMILES string of the molecule is COC1C=c2ccc(C(C)O)cc2=CC1. The van der Waals surface area contributed by atoms with E-state index >= 15 is 0 Å². The van der Waals surface area contributed by atoms with Gasteiger partial charge < -0.3 is 9.84 Å². The molecule has 0 aromatic heterocycles. The molecule has 2 heteroatoms. The number of hydrogen-bond acceptors (Lipinski definition) is 2. The maximum atomic E-state index is 9.47. The molecule has 0 spiro atoms.